The van der Waals surface area contributed by atoms with Gasteiger partial charge in [-0.2, -0.15) is 0 Å². The fraction of sp³-hybridized carbons (Fsp3) is 0.278. The third-order valence-electron chi connectivity index (χ3n) is 3.78. The van der Waals surface area contributed by atoms with Crippen molar-refractivity contribution in [1.82, 2.24) is 14.9 Å². The van der Waals surface area contributed by atoms with E-state index in [-0.39, 0.29) is 12.0 Å². The third-order valence-corrected chi connectivity index (χ3v) is 3.97. The van der Waals surface area contributed by atoms with E-state index in [2.05, 4.69) is 9.97 Å². The van der Waals surface area contributed by atoms with Crippen LogP contribution in [0.4, 0.5) is 0 Å². The maximum atomic E-state index is 12.3. The van der Waals surface area contributed by atoms with Crippen LogP contribution in [0.25, 0.3) is 6.08 Å². The van der Waals surface area contributed by atoms with E-state index in [0.717, 1.165) is 24.9 Å². The smallest absolute Gasteiger partial charge is 0.316 e. The van der Waals surface area contributed by atoms with Gasteiger partial charge in [-0.25, -0.2) is 9.97 Å². The van der Waals surface area contributed by atoms with Gasteiger partial charge in [0.25, 0.3) is 0 Å². The highest BCUT2D eigenvalue weighted by Gasteiger charge is 2.24. The molecule has 0 spiro atoms. The van der Waals surface area contributed by atoms with Crippen LogP contribution < -0.4 is 4.74 Å². The molecule has 1 aliphatic rings. The van der Waals surface area contributed by atoms with Crippen LogP contribution >= 0.6 is 11.6 Å². The minimum atomic E-state index is -0.103. The minimum Gasteiger partial charge on any atom is -0.458 e. The lowest BCUT2D eigenvalue weighted by Crippen LogP contribution is -2.43. The van der Waals surface area contributed by atoms with E-state index in [9.17, 15) is 4.79 Å². The van der Waals surface area contributed by atoms with Crippen LogP contribution in [-0.4, -0.2) is 40.0 Å². The molecule has 2 aromatic rings. The summed E-state index contributed by atoms with van der Waals surface area (Å²) in [7, 11) is 0. The summed E-state index contributed by atoms with van der Waals surface area (Å²) < 4.78 is 5.75. The molecule has 1 fully saturated rings. The van der Waals surface area contributed by atoms with E-state index in [1.807, 2.05) is 36.4 Å². The van der Waals surface area contributed by atoms with Crippen molar-refractivity contribution in [3.05, 3.63) is 59.4 Å². The summed E-state index contributed by atoms with van der Waals surface area (Å²) in [4.78, 5) is 22.2. The van der Waals surface area contributed by atoms with Crippen molar-refractivity contribution in [1.29, 1.82) is 0 Å². The van der Waals surface area contributed by atoms with Crippen LogP contribution in [0.5, 0.6) is 6.01 Å². The molecule has 24 heavy (non-hydrogen) atoms. The van der Waals surface area contributed by atoms with Crippen LogP contribution in [0, 0.1) is 0 Å². The average molecular weight is 344 g/mol. The number of rotatable bonds is 4. The number of hydrogen-bond donors (Lipinski definition) is 0. The quantitative estimate of drug-likeness (QED) is 0.800. The van der Waals surface area contributed by atoms with Crippen LogP contribution in [0.3, 0.4) is 0 Å². The number of carbonyl (C=O) groups is 1. The molecule has 0 N–H and O–H groups in total. The molecular weight excluding hydrogens is 326 g/mol. The van der Waals surface area contributed by atoms with Crippen molar-refractivity contribution >= 4 is 23.6 Å². The van der Waals surface area contributed by atoms with Crippen LogP contribution in [0.2, 0.25) is 5.02 Å². The molecule has 1 atom stereocenters. The molecule has 5 nitrogen and oxygen atoms in total. The van der Waals surface area contributed by atoms with Crippen molar-refractivity contribution in [2.75, 3.05) is 13.1 Å². The number of likely N-dealkylation sites (tertiary alicyclic amines) is 1. The number of aromatic nitrogens is 2. The Hall–Kier alpha value is -2.40. The van der Waals surface area contributed by atoms with Gasteiger partial charge in [-0.05, 0) is 24.5 Å². The number of amides is 1. The summed E-state index contributed by atoms with van der Waals surface area (Å²) in [5, 5.41) is 0.467. The molecule has 1 saturated heterocycles. The molecule has 6 heteroatoms. The Morgan fingerprint density at radius 2 is 2.00 bits per heavy atom. The number of benzene rings is 1. The van der Waals surface area contributed by atoms with Crippen molar-refractivity contribution in [3.8, 4) is 6.01 Å². The molecule has 1 aliphatic heterocycles. The zero-order chi connectivity index (χ0) is 16.8. The fourth-order valence-corrected chi connectivity index (χ4v) is 2.68. The second kappa shape index (κ2) is 7.93. The lowest BCUT2D eigenvalue weighted by Gasteiger charge is -2.31. The standard InChI is InChI=1S/C18H18ClN3O2/c19-15-11-20-18(21-12-15)24-16-7-4-10-22(13-16)17(23)9-8-14-5-2-1-3-6-14/h1-3,5-6,8-9,11-12,16H,4,7,10,13H2/b9-8+. The highest BCUT2D eigenvalue weighted by Crippen LogP contribution is 2.16. The van der Waals surface area contributed by atoms with E-state index in [1.165, 1.54) is 12.4 Å². The Balaban J connectivity index is 1.57. The average Bonchev–Trinajstić information content (AvgIpc) is 2.63. The lowest BCUT2D eigenvalue weighted by atomic mass is 10.1. The van der Waals surface area contributed by atoms with E-state index in [4.69, 9.17) is 16.3 Å². The summed E-state index contributed by atoms with van der Waals surface area (Å²) in [5.41, 5.74) is 1.00. The molecule has 2 heterocycles. The number of carbonyl (C=O) groups excluding carboxylic acids is 1. The molecule has 1 unspecified atom stereocenters. The largest absolute Gasteiger partial charge is 0.458 e. The Morgan fingerprint density at radius 1 is 1.25 bits per heavy atom. The Morgan fingerprint density at radius 3 is 2.75 bits per heavy atom. The first-order valence-corrected chi connectivity index (χ1v) is 8.25. The number of halogens is 1. The Labute approximate surface area is 145 Å². The summed E-state index contributed by atoms with van der Waals surface area (Å²) in [6.07, 6.45) is 8.10. The first-order valence-electron chi connectivity index (χ1n) is 7.87. The number of hydrogen-bond acceptors (Lipinski definition) is 4. The maximum Gasteiger partial charge on any atom is 0.316 e. The van der Waals surface area contributed by atoms with Crippen molar-refractivity contribution < 1.29 is 9.53 Å². The van der Waals surface area contributed by atoms with Crippen LogP contribution in [-0.2, 0) is 4.79 Å². The molecule has 1 amide bonds. The van der Waals surface area contributed by atoms with Crippen molar-refractivity contribution in [3.63, 3.8) is 0 Å². The van der Waals surface area contributed by atoms with Gasteiger partial charge in [0.05, 0.1) is 24.0 Å². The predicted molar refractivity (Wildman–Crippen MR) is 92.7 cm³/mol. The third kappa shape index (κ3) is 4.55. The summed E-state index contributed by atoms with van der Waals surface area (Å²) in [6, 6.07) is 10.1. The topological polar surface area (TPSA) is 55.3 Å². The maximum absolute atomic E-state index is 12.3. The zero-order valence-corrected chi connectivity index (χ0v) is 13.9. The Kier molecular flexibility index (Phi) is 5.43. The number of piperidine rings is 1. The summed E-state index contributed by atoms with van der Waals surface area (Å²) >= 11 is 5.76. The van der Waals surface area contributed by atoms with E-state index in [0.29, 0.717) is 17.6 Å². The molecular formula is C18H18ClN3O2. The number of ether oxygens (including phenoxy) is 1. The van der Waals surface area contributed by atoms with Gasteiger partial charge in [0.2, 0.25) is 5.91 Å². The van der Waals surface area contributed by atoms with E-state index in [1.54, 1.807) is 11.0 Å². The summed E-state index contributed by atoms with van der Waals surface area (Å²) in [5.74, 6) is -0.0100. The predicted octanol–water partition coefficient (Wildman–Crippen LogP) is 3.21. The molecule has 124 valence electrons. The summed E-state index contributed by atoms with van der Waals surface area (Å²) in [6.45, 7) is 1.27. The van der Waals surface area contributed by atoms with Gasteiger partial charge >= 0.3 is 6.01 Å². The Bertz CT molecular complexity index is 704. The van der Waals surface area contributed by atoms with Gasteiger partial charge < -0.3 is 9.64 Å². The van der Waals surface area contributed by atoms with E-state index < -0.39 is 0 Å². The minimum absolute atomic E-state index is 0.0100. The second-order valence-electron chi connectivity index (χ2n) is 5.59. The lowest BCUT2D eigenvalue weighted by molar-refractivity contribution is -0.128. The first-order chi connectivity index (χ1) is 11.7. The van der Waals surface area contributed by atoms with Crippen molar-refractivity contribution in [2.45, 2.75) is 18.9 Å². The van der Waals surface area contributed by atoms with Gasteiger partial charge in [-0.15, -0.1) is 0 Å². The van der Waals surface area contributed by atoms with Gasteiger partial charge in [-0.1, -0.05) is 41.9 Å². The van der Waals surface area contributed by atoms with Gasteiger partial charge in [0, 0.05) is 12.6 Å². The SMILES string of the molecule is O=C(/C=C/c1ccccc1)N1CCCC(Oc2ncc(Cl)cn2)C1. The van der Waals surface area contributed by atoms with E-state index >= 15 is 0 Å². The normalized spacial score (nSPS) is 17.9. The van der Waals surface area contributed by atoms with Crippen LogP contribution in [0.15, 0.2) is 48.8 Å². The zero-order valence-electron chi connectivity index (χ0n) is 13.1. The second-order valence-corrected chi connectivity index (χ2v) is 6.03. The molecule has 0 saturated carbocycles. The molecule has 0 bridgehead atoms. The monoisotopic (exact) mass is 343 g/mol. The highest BCUT2D eigenvalue weighted by molar-refractivity contribution is 6.30. The van der Waals surface area contributed by atoms with Crippen LogP contribution in [0.1, 0.15) is 18.4 Å². The highest BCUT2D eigenvalue weighted by atomic mass is 35.5. The van der Waals surface area contributed by atoms with Gasteiger partial charge in [0.1, 0.15) is 6.10 Å². The molecule has 1 aromatic heterocycles. The molecule has 0 aliphatic carbocycles. The van der Waals surface area contributed by atoms with Gasteiger partial charge in [-0.3, -0.25) is 4.79 Å². The van der Waals surface area contributed by atoms with Crippen molar-refractivity contribution in [2.24, 2.45) is 0 Å². The molecule has 3 rings (SSSR count). The number of nitrogens with zero attached hydrogens (tertiary/aromatic N) is 3. The first kappa shape index (κ1) is 16.5. The fourth-order valence-electron chi connectivity index (χ4n) is 2.58. The van der Waals surface area contributed by atoms with Gasteiger partial charge in [0.15, 0.2) is 0 Å². The molecule has 0 radical (unpaired) electrons. The molecule has 1 aromatic carbocycles.